The Kier molecular flexibility index (Phi) is 4.82. The number of rotatable bonds is 4. The van der Waals surface area contributed by atoms with Gasteiger partial charge in [-0.3, -0.25) is 4.90 Å². The summed E-state index contributed by atoms with van der Waals surface area (Å²) < 4.78 is 38.1. The van der Waals surface area contributed by atoms with Crippen LogP contribution >= 0.6 is 0 Å². The first-order valence-electron chi connectivity index (χ1n) is 6.60. The van der Waals surface area contributed by atoms with Gasteiger partial charge in [-0.15, -0.1) is 0 Å². The van der Waals surface area contributed by atoms with Crippen molar-refractivity contribution in [1.82, 2.24) is 10.2 Å². The molecule has 0 atom stereocenters. The zero-order valence-electron chi connectivity index (χ0n) is 10.8. The van der Waals surface area contributed by atoms with Crippen LogP contribution in [0.5, 0.6) is 0 Å². The standard InChI is InChI=1S/C14H19F3N2/c15-14(16,17)11-19(13-6-8-18-9-7-13)10-12-4-2-1-3-5-12/h1-5,13,18H,6-11H2. The Hall–Kier alpha value is -1.07. The monoisotopic (exact) mass is 272 g/mol. The minimum absolute atomic E-state index is 0.0167. The second-order valence-electron chi connectivity index (χ2n) is 4.99. The Morgan fingerprint density at radius 3 is 2.32 bits per heavy atom. The highest BCUT2D eigenvalue weighted by Gasteiger charge is 2.34. The first kappa shape index (κ1) is 14.3. The lowest BCUT2D eigenvalue weighted by atomic mass is 10.0. The first-order chi connectivity index (χ1) is 9.04. The number of benzene rings is 1. The lowest BCUT2D eigenvalue weighted by Gasteiger charge is -2.35. The topological polar surface area (TPSA) is 15.3 Å². The summed E-state index contributed by atoms with van der Waals surface area (Å²) in [6.45, 7) is 1.14. The minimum Gasteiger partial charge on any atom is -0.317 e. The number of alkyl halides is 3. The Morgan fingerprint density at radius 2 is 1.74 bits per heavy atom. The van der Waals surface area contributed by atoms with Crippen molar-refractivity contribution in [1.29, 1.82) is 0 Å². The number of halogens is 3. The zero-order chi connectivity index (χ0) is 13.7. The van der Waals surface area contributed by atoms with E-state index in [0.29, 0.717) is 6.54 Å². The lowest BCUT2D eigenvalue weighted by Crippen LogP contribution is -2.46. The molecule has 0 unspecified atom stereocenters. The first-order valence-corrected chi connectivity index (χ1v) is 6.60. The van der Waals surface area contributed by atoms with Crippen LogP contribution in [0.4, 0.5) is 13.2 Å². The molecular weight excluding hydrogens is 253 g/mol. The fourth-order valence-electron chi connectivity index (χ4n) is 2.53. The number of nitrogens with zero attached hydrogens (tertiary/aromatic N) is 1. The predicted octanol–water partition coefficient (Wildman–Crippen LogP) is 2.80. The average molecular weight is 272 g/mol. The third-order valence-corrected chi connectivity index (χ3v) is 3.44. The van der Waals surface area contributed by atoms with Crippen LogP contribution in [0.25, 0.3) is 0 Å². The zero-order valence-corrected chi connectivity index (χ0v) is 10.8. The van der Waals surface area contributed by atoms with Gasteiger partial charge in [0.1, 0.15) is 0 Å². The highest BCUT2D eigenvalue weighted by atomic mass is 19.4. The number of hydrogen-bond donors (Lipinski definition) is 1. The molecule has 1 aliphatic rings. The van der Waals surface area contributed by atoms with Crippen molar-refractivity contribution in [3.05, 3.63) is 35.9 Å². The van der Waals surface area contributed by atoms with Gasteiger partial charge in [0, 0.05) is 12.6 Å². The summed E-state index contributed by atoms with van der Waals surface area (Å²) in [5.74, 6) is 0. The summed E-state index contributed by atoms with van der Waals surface area (Å²) >= 11 is 0. The molecule has 1 heterocycles. The summed E-state index contributed by atoms with van der Waals surface area (Å²) in [5, 5.41) is 3.19. The predicted molar refractivity (Wildman–Crippen MR) is 68.8 cm³/mol. The molecule has 1 N–H and O–H groups in total. The van der Waals surface area contributed by atoms with Gasteiger partial charge < -0.3 is 5.32 Å². The van der Waals surface area contributed by atoms with Gasteiger partial charge in [-0.05, 0) is 31.5 Å². The second-order valence-corrected chi connectivity index (χ2v) is 4.99. The van der Waals surface area contributed by atoms with Crippen molar-refractivity contribution < 1.29 is 13.2 Å². The normalized spacial score (nSPS) is 17.9. The van der Waals surface area contributed by atoms with E-state index < -0.39 is 12.7 Å². The van der Waals surface area contributed by atoms with Gasteiger partial charge in [-0.1, -0.05) is 30.3 Å². The van der Waals surface area contributed by atoms with Crippen LogP contribution in [-0.2, 0) is 6.54 Å². The van der Waals surface area contributed by atoms with Crippen LogP contribution in [0.3, 0.4) is 0 Å². The van der Waals surface area contributed by atoms with E-state index in [0.717, 1.165) is 31.5 Å². The fourth-order valence-corrected chi connectivity index (χ4v) is 2.53. The number of nitrogens with one attached hydrogen (secondary N) is 1. The lowest BCUT2D eigenvalue weighted by molar-refractivity contribution is -0.153. The molecule has 0 spiro atoms. The van der Waals surface area contributed by atoms with Gasteiger partial charge in [-0.25, -0.2) is 0 Å². The van der Waals surface area contributed by atoms with E-state index in [4.69, 9.17) is 0 Å². The Bertz CT molecular complexity index is 372. The Balaban J connectivity index is 2.05. The van der Waals surface area contributed by atoms with Crippen molar-refractivity contribution in [3.8, 4) is 0 Å². The summed E-state index contributed by atoms with van der Waals surface area (Å²) in [7, 11) is 0. The molecule has 2 rings (SSSR count). The third kappa shape index (κ3) is 4.84. The molecule has 1 aromatic rings. The summed E-state index contributed by atoms with van der Waals surface area (Å²) in [5.41, 5.74) is 0.935. The van der Waals surface area contributed by atoms with Gasteiger partial charge in [0.2, 0.25) is 0 Å². The van der Waals surface area contributed by atoms with Crippen molar-refractivity contribution in [2.75, 3.05) is 19.6 Å². The molecule has 1 fully saturated rings. The molecule has 0 aromatic heterocycles. The molecule has 2 nitrogen and oxygen atoms in total. The van der Waals surface area contributed by atoms with Crippen molar-refractivity contribution in [2.45, 2.75) is 31.6 Å². The maximum absolute atomic E-state index is 12.7. The minimum atomic E-state index is -4.14. The van der Waals surface area contributed by atoms with Crippen LogP contribution < -0.4 is 5.32 Å². The SMILES string of the molecule is FC(F)(F)CN(Cc1ccccc1)C1CCNCC1. The summed E-state index contributed by atoms with van der Waals surface area (Å²) in [6.07, 6.45) is -2.58. The van der Waals surface area contributed by atoms with E-state index in [1.807, 2.05) is 30.3 Å². The van der Waals surface area contributed by atoms with Crippen LogP contribution in [-0.4, -0.2) is 36.8 Å². The van der Waals surface area contributed by atoms with Gasteiger partial charge in [-0.2, -0.15) is 13.2 Å². The summed E-state index contributed by atoms with van der Waals surface area (Å²) in [6, 6.07) is 9.38. The highest BCUT2D eigenvalue weighted by molar-refractivity contribution is 5.14. The smallest absolute Gasteiger partial charge is 0.317 e. The van der Waals surface area contributed by atoms with Crippen molar-refractivity contribution in [3.63, 3.8) is 0 Å². The average Bonchev–Trinajstić information content (AvgIpc) is 2.39. The Labute approximate surface area is 111 Å². The molecule has 106 valence electrons. The van der Waals surface area contributed by atoms with Gasteiger partial charge in [0.25, 0.3) is 0 Å². The van der Waals surface area contributed by atoms with E-state index >= 15 is 0 Å². The quantitative estimate of drug-likeness (QED) is 0.906. The molecule has 1 saturated heterocycles. The van der Waals surface area contributed by atoms with Crippen LogP contribution in [0.2, 0.25) is 0 Å². The largest absolute Gasteiger partial charge is 0.401 e. The van der Waals surface area contributed by atoms with Crippen molar-refractivity contribution in [2.24, 2.45) is 0 Å². The molecule has 0 bridgehead atoms. The fraction of sp³-hybridized carbons (Fsp3) is 0.571. The molecule has 0 aliphatic carbocycles. The highest BCUT2D eigenvalue weighted by Crippen LogP contribution is 2.23. The van der Waals surface area contributed by atoms with E-state index in [1.165, 1.54) is 0 Å². The van der Waals surface area contributed by atoms with E-state index in [1.54, 1.807) is 4.90 Å². The van der Waals surface area contributed by atoms with Crippen LogP contribution in [0.1, 0.15) is 18.4 Å². The van der Waals surface area contributed by atoms with Crippen LogP contribution in [0, 0.1) is 0 Å². The van der Waals surface area contributed by atoms with Gasteiger partial charge >= 0.3 is 6.18 Å². The molecular formula is C14H19F3N2. The van der Waals surface area contributed by atoms with Crippen LogP contribution in [0.15, 0.2) is 30.3 Å². The maximum Gasteiger partial charge on any atom is 0.401 e. The number of hydrogen-bond acceptors (Lipinski definition) is 2. The molecule has 0 amide bonds. The molecule has 1 aliphatic heterocycles. The molecule has 5 heteroatoms. The van der Waals surface area contributed by atoms with Gasteiger partial charge in [0.15, 0.2) is 0 Å². The third-order valence-electron chi connectivity index (χ3n) is 3.44. The van der Waals surface area contributed by atoms with E-state index in [9.17, 15) is 13.2 Å². The molecule has 1 aromatic carbocycles. The molecule has 0 radical (unpaired) electrons. The number of piperidine rings is 1. The van der Waals surface area contributed by atoms with E-state index in [2.05, 4.69) is 5.32 Å². The van der Waals surface area contributed by atoms with Crippen molar-refractivity contribution >= 4 is 0 Å². The molecule has 0 saturated carbocycles. The van der Waals surface area contributed by atoms with Gasteiger partial charge in [0.05, 0.1) is 6.54 Å². The second kappa shape index (κ2) is 6.39. The molecule has 19 heavy (non-hydrogen) atoms. The summed E-state index contributed by atoms with van der Waals surface area (Å²) in [4.78, 5) is 1.57. The maximum atomic E-state index is 12.7. The Morgan fingerprint density at radius 1 is 1.11 bits per heavy atom. The van der Waals surface area contributed by atoms with E-state index in [-0.39, 0.29) is 6.04 Å².